The summed E-state index contributed by atoms with van der Waals surface area (Å²) in [7, 11) is 0. The first-order valence-corrected chi connectivity index (χ1v) is 16.1. The first-order chi connectivity index (χ1) is 22.3. The maximum atomic E-state index is 13.8. The molecule has 7 rings (SSSR count). The molecule has 0 radical (unpaired) electrons. The monoisotopic (exact) mass is 652 g/mol. The summed E-state index contributed by atoms with van der Waals surface area (Å²) in [5, 5.41) is 12.6. The highest BCUT2D eigenvalue weighted by Gasteiger charge is 2.48. The van der Waals surface area contributed by atoms with Gasteiger partial charge >= 0.3 is 5.91 Å². The largest absolute Gasteiger partial charge is 0.507 e. The van der Waals surface area contributed by atoms with Gasteiger partial charge in [-0.1, -0.05) is 59.3 Å². The summed E-state index contributed by atoms with van der Waals surface area (Å²) in [5.74, 6) is -0.194. The Morgan fingerprint density at radius 1 is 1.02 bits per heavy atom. The molecule has 5 aromatic rings. The fourth-order valence-corrected chi connectivity index (χ4v) is 7.15. The molecule has 1 aromatic heterocycles. The summed E-state index contributed by atoms with van der Waals surface area (Å²) in [6.07, 6.45) is 0.676. The molecular formula is C36H29ClN2O6S. The normalized spacial score (nSPS) is 18.5. The van der Waals surface area contributed by atoms with Crippen LogP contribution in [0, 0.1) is 0 Å². The number of nitrogens with zero attached hydrogens (tertiary/aromatic N) is 2. The number of hydrogen-bond donors (Lipinski definition) is 1. The van der Waals surface area contributed by atoms with Crippen molar-refractivity contribution in [1.82, 2.24) is 4.98 Å². The molecule has 0 unspecified atom stereocenters. The van der Waals surface area contributed by atoms with Crippen molar-refractivity contribution in [2.24, 2.45) is 0 Å². The van der Waals surface area contributed by atoms with Crippen molar-refractivity contribution in [3.63, 3.8) is 0 Å². The topological polar surface area (TPSA) is 98.2 Å². The fourth-order valence-electron chi connectivity index (χ4n) is 5.88. The van der Waals surface area contributed by atoms with Crippen molar-refractivity contribution in [1.29, 1.82) is 0 Å². The Labute approximate surface area is 274 Å². The van der Waals surface area contributed by atoms with Gasteiger partial charge in [-0.15, -0.1) is 0 Å². The second-order valence-electron chi connectivity index (χ2n) is 11.1. The smallest absolute Gasteiger partial charge is 0.301 e. The number of anilines is 1. The summed E-state index contributed by atoms with van der Waals surface area (Å²) in [4.78, 5) is 33.7. The molecule has 1 amide bonds. The quantitative estimate of drug-likeness (QED) is 0.103. The molecular weight excluding hydrogens is 624 g/mol. The molecule has 1 fully saturated rings. The van der Waals surface area contributed by atoms with Gasteiger partial charge in [0.15, 0.2) is 16.6 Å². The molecule has 1 saturated heterocycles. The lowest BCUT2D eigenvalue weighted by atomic mass is 9.94. The summed E-state index contributed by atoms with van der Waals surface area (Å²) in [5.41, 5.74) is 3.47. The van der Waals surface area contributed by atoms with Gasteiger partial charge in [0.2, 0.25) is 0 Å². The van der Waals surface area contributed by atoms with E-state index in [9.17, 15) is 14.7 Å². The molecule has 1 N–H and O–H groups in total. The molecule has 8 nitrogen and oxygen atoms in total. The van der Waals surface area contributed by atoms with Crippen LogP contribution < -0.4 is 19.1 Å². The van der Waals surface area contributed by atoms with E-state index in [0.29, 0.717) is 57.9 Å². The van der Waals surface area contributed by atoms with Crippen molar-refractivity contribution < 1.29 is 28.9 Å². The number of thiazole rings is 1. The molecule has 0 saturated carbocycles. The molecule has 2 aliphatic rings. The zero-order valence-electron chi connectivity index (χ0n) is 25.0. The third-order valence-electron chi connectivity index (χ3n) is 7.98. The van der Waals surface area contributed by atoms with Crippen LogP contribution in [-0.2, 0) is 22.6 Å². The Morgan fingerprint density at radius 2 is 1.85 bits per heavy atom. The van der Waals surface area contributed by atoms with Crippen LogP contribution in [-0.4, -0.2) is 34.5 Å². The number of aromatic nitrogens is 1. The molecule has 2 aliphatic heterocycles. The number of carbonyl (C=O) groups is 2. The highest BCUT2D eigenvalue weighted by Crippen LogP contribution is 2.46. The van der Waals surface area contributed by atoms with Crippen LogP contribution in [0.5, 0.6) is 17.2 Å². The van der Waals surface area contributed by atoms with Gasteiger partial charge in [0, 0.05) is 17.0 Å². The highest BCUT2D eigenvalue weighted by atomic mass is 35.5. The van der Waals surface area contributed by atoms with Crippen LogP contribution in [0.2, 0.25) is 5.02 Å². The minimum Gasteiger partial charge on any atom is -0.507 e. The van der Waals surface area contributed by atoms with Crippen LogP contribution in [0.4, 0.5) is 5.13 Å². The Kier molecular flexibility index (Phi) is 7.88. The van der Waals surface area contributed by atoms with Crippen LogP contribution in [0.15, 0.2) is 90.5 Å². The Balaban J connectivity index is 1.36. The van der Waals surface area contributed by atoms with Gasteiger partial charge < -0.3 is 19.3 Å². The molecule has 10 heteroatoms. The number of ketones is 1. The van der Waals surface area contributed by atoms with E-state index >= 15 is 0 Å². The van der Waals surface area contributed by atoms with Gasteiger partial charge in [-0.2, -0.15) is 0 Å². The molecule has 3 heterocycles. The SMILES string of the molecule is CCOc1cc([C@@H]2C(=C(O)c3ccc4c(c3)C[C@@H](C)O4)C(=O)C(=O)N2c2nc3ccc(Cl)cc3s2)ccc1OCc1ccccc1. The number of hydrogen-bond acceptors (Lipinski definition) is 8. The second kappa shape index (κ2) is 12.2. The predicted molar refractivity (Wildman–Crippen MR) is 178 cm³/mol. The summed E-state index contributed by atoms with van der Waals surface area (Å²) >= 11 is 7.48. The van der Waals surface area contributed by atoms with Gasteiger partial charge in [-0.3, -0.25) is 14.5 Å². The fraction of sp³-hybridized carbons (Fsp3) is 0.194. The van der Waals surface area contributed by atoms with Crippen LogP contribution >= 0.6 is 22.9 Å². The van der Waals surface area contributed by atoms with Gasteiger partial charge in [0.25, 0.3) is 5.78 Å². The number of benzene rings is 4. The zero-order valence-corrected chi connectivity index (χ0v) is 26.6. The number of aliphatic hydroxyl groups is 1. The van der Waals surface area contributed by atoms with Gasteiger partial charge in [0.05, 0.1) is 28.4 Å². The number of rotatable bonds is 8. The van der Waals surface area contributed by atoms with E-state index in [1.165, 1.54) is 16.2 Å². The minimum absolute atomic E-state index is 0.00475. The van der Waals surface area contributed by atoms with Gasteiger partial charge in [0.1, 0.15) is 24.2 Å². The van der Waals surface area contributed by atoms with E-state index < -0.39 is 17.7 Å². The van der Waals surface area contributed by atoms with Crippen molar-refractivity contribution in [3.8, 4) is 17.2 Å². The molecule has 232 valence electrons. The third-order valence-corrected chi connectivity index (χ3v) is 9.23. The number of Topliss-reactive ketones (excluding diaryl/α,β-unsaturated/α-hetero) is 1. The Morgan fingerprint density at radius 3 is 2.65 bits per heavy atom. The second-order valence-corrected chi connectivity index (χ2v) is 12.6. The van der Waals surface area contributed by atoms with E-state index in [4.69, 9.17) is 30.8 Å². The van der Waals surface area contributed by atoms with Crippen LogP contribution in [0.3, 0.4) is 0 Å². The maximum Gasteiger partial charge on any atom is 0.301 e. The predicted octanol–water partition coefficient (Wildman–Crippen LogP) is 7.88. The number of carbonyl (C=O) groups excluding carboxylic acids is 2. The first-order valence-electron chi connectivity index (χ1n) is 14.9. The van der Waals surface area contributed by atoms with E-state index in [1.807, 2.05) is 50.2 Å². The molecule has 0 bridgehead atoms. The number of halogens is 1. The number of ether oxygens (including phenoxy) is 3. The van der Waals surface area contributed by atoms with Crippen LogP contribution in [0.25, 0.3) is 16.0 Å². The lowest BCUT2D eigenvalue weighted by Crippen LogP contribution is -2.29. The average molecular weight is 653 g/mol. The third kappa shape index (κ3) is 5.46. The van der Waals surface area contributed by atoms with E-state index in [-0.39, 0.29) is 17.4 Å². The minimum atomic E-state index is -0.998. The maximum absolute atomic E-state index is 13.8. The molecule has 0 aliphatic carbocycles. The lowest BCUT2D eigenvalue weighted by Gasteiger charge is -2.24. The Hall–Kier alpha value is -4.86. The van der Waals surface area contributed by atoms with E-state index in [2.05, 4.69) is 0 Å². The Bertz CT molecular complexity index is 2020. The van der Waals surface area contributed by atoms with Crippen molar-refractivity contribution in [2.75, 3.05) is 11.5 Å². The van der Waals surface area contributed by atoms with E-state index in [0.717, 1.165) is 21.6 Å². The van der Waals surface area contributed by atoms with Gasteiger partial charge in [-0.05, 0) is 79.1 Å². The molecule has 0 spiro atoms. The number of fused-ring (bicyclic) bond motifs is 2. The van der Waals surface area contributed by atoms with Crippen molar-refractivity contribution >= 4 is 55.7 Å². The zero-order chi connectivity index (χ0) is 31.9. The standard InChI is InChI=1S/C36H29ClN2O6S/c1-3-43-29-17-22(9-14-28(29)44-19-21-7-5-4-6-8-21)32-31(33(40)23-10-13-27-24(16-23)15-20(2)45-27)34(41)35(42)39(32)36-38-26-12-11-25(37)18-30(26)46-36/h4-14,16-18,20,32,40H,3,15,19H2,1-2H3/t20-,32-/m1/s1. The number of amides is 1. The lowest BCUT2D eigenvalue weighted by molar-refractivity contribution is -0.132. The van der Waals surface area contributed by atoms with Crippen molar-refractivity contribution in [2.45, 2.75) is 39.0 Å². The summed E-state index contributed by atoms with van der Waals surface area (Å²) < 4.78 is 18.7. The summed E-state index contributed by atoms with van der Waals surface area (Å²) in [6, 6.07) is 24.6. The van der Waals surface area contributed by atoms with Gasteiger partial charge in [-0.25, -0.2) is 4.98 Å². The van der Waals surface area contributed by atoms with Crippen molar-refractivity contribution in [3.05, 3.63) is 118 Å². The first kappa shape index (κ1) is 29.8. The van der Waals surface area contributed by atoms with E-state index in [1.54, 1.807) is 48.5 Å². The molecule has 4 aromatic carbocycles. The molecule has 46 heavy (non-hydrogen) atoms. The van der Waals surface area contributed by atoms with Crippen LogP contribution in [0.1, 0.15) is 42.1 Å². The highest BCUT2D eigenvalue weighted by molar-refractivity contribution is 7.22. The summed E-state index contributed by atoms with van der Waals surface area (Å²) in [6.45, 7) is 4.52. The number of aliphatic hydroxyl groups excluding tert-OH is 1. The molecule has 2 atom stereocenters. The average Bonchev–Trinajstić information content (AvgIpc) is 3.72.